The average Bonchev–Trinajstić information content (AvgIpc) is 2.29. The zero-order valence-electron chi connectivity index (χ0n) is 11.8. The van der Waals surface area contributed by atoms with Crippen LogP contribution in [0.2, 0.25) is 0 Å². The zero-order chi connectivity index (χ0) is 14.5. The Labute approximate surface area is 114 Å². The predicted octanol–water partition coefficient (Wildman–Crippen LogP) is 0.626. The van der Waals surface area contributed by atoms with Crippen molar-refractivity contribution in [3.8, 4) is 0 Å². The van der Waals surface area contributed by atoms with Crippen LogP contribution in [0.5, 0.6) is 0 Å². The summed E-state index contributed by atoms with van der Waals surface area (Å²) in [5.74, 6) is -0.315. The van der Waals surface area contributed by atoms with Gasteiger partial charge in [-0.15, -0.1) is 0 Å². The van der Waals surface area contributed by atoms with Gasteiger partial charge in [0.05, 0.1) is 16.9 Å². The summed E-state index contributed by atoms with van der Waals surface area (Å²) in [7, 11) is 1.59. The molecule has 0 rings (SSSR count). The molecule has 0 bridgehead atoms. The highest BCUT2D eigenvalue weighted by atomic mass is 32.1. The van der Waals surface area contributed by atoms with Crippen LogP contribution in [0.25, 0.3) is 0 Å². The van der Waals surface area contributed by atoms with Gasteiger partial charge in [-0.2, -0.15) is 0 Å². The normalized spacial score (nSPS) is 10.9. The van der Waals surface area contributed by atoms with E-state index in [1.807, 2.05) is 13.8 Å². The minimum Gasteiger partial charge on any atom is -0.392 e. The van der Waals surface area contributed by atoms with Gasteiger partial charge in [-0.1, -0.05) is 12.2 Å². The number of carbonyl (C=O) groups excluding carboxylic acids is 2. The van der Waals surface area contributed by atoms with Crippen LogP contribution in [-0.4, -0.2) is 53.3 Å². The molecule has 5 nitrogen and oxygen atoms in total. The monoisotopic (exact) mass is 273 g/mol. The van der Waals surface area contributed by atoms with Crippen molar-refractivity contribution in [1.29, 1.82) is 0 Å². The van der Waals surface area contributed by atoms with Crippen LogP contribution >= 0.6 is 12.2 Å². The largest absolute Gasteiger partial charge is 0.392 e. The number of likely N-dealkylation sites (N-methyl/N-ethyl adjacent to an activating group) is 2. The number of thiocarbonyl (C=S) groups is 1. The summed E-state index contributed by atoms with van der Waals surface area (Å²) in [6.07, 6.45) is 0. The molecule has 0 spiro atoms. The van der Waals surface area contributed by atoms with Crippen LogP contribution in [0.3, 0.4) is 0 Å². The van der Waals surface area contributed by atoms with Crippen molar-refractivity contribution in [2.75, 3.05) is 26.7 Å². The van der Waals surface area contributed by atoms with Gasteiger partial charge in [0.1, 0.15) is 0 Å². The molecule has 0 fully saturated rings. The molecule has 2 N–H and O–H groups in total. The van der Waals surface area contributed by atoms with E-state index in [-0.39, 0.29) is 23.3 Å². The summed E-state index contributed by atoms with van der Waals surface area (Å²) in [5.41, 5.74) is 4.62. The van der Waals surface area contributed by atoms with Crippen LogP contribution in [-0.2, 0) is 9.59 Å². The number of amides is 2. The van der Waals surface area contributed by atoms with E-state index in [1.165, 1.54) is 4.90 Å². The number of carbonyl (C=O) groups is 2. The average molecular weight is 273 g/mol. The fourth-order valence-electron chi connectivity index (χ4n) is 1.53. The number of rotatable bonds is 6. The van der Waals surface area contributed by atoms with Gasteiger partial charge in [-0.05, 0) is 27.7 Å². The molecular weight excluding hydrogens is 250 g/mol. The van der Waals surface area contributed by atoms with E-state index in [2.05, 4.69) is 0 Å². The van der Waals surface area contributed by atoms with Crippen molar-refractivity contribution in [2.45, 2.75) is 27.7 Å². The molecule has 0 aromatic heterocycles. The van der Waals surface area contributed by atoms with Crippen LogP contribution in [0.15, 0.2) is 0 Å². The molecule has 0 aliphatic carbocycles. The Kier molecular flexibility index (Phi) is 6.25. The molecule has 104 valence electrons. The second-order valence-corrected chi connectivity index (χ2v) is 5.16. The van der Waals surface area contributed by atoms with Gasteiger partial charge in [-0.25, -0.2) is 0 Å². The molecule has 0 saturated carbocycles. The maximum Gasteiger partial charge on any atom is 0.242 e. The van der Waals surface area contributed by atoms with Gasteiger partial charge in [-0.3, -0.25) is 9.59 Å². The van der Waals surface area contributed by atoms with Gasteiger partial charge in [0.25, 0.3) is 0 Å². The fraction of sp³-hybridized carbons (Fsp3) is 0.750. The van der Waals surface area contributed by atoms with E-state index in [4.69, 9.17) is 18.0 Å². The lowest BCUT2D eigenvalue weighted by Crippen LogP contribution is -2.49. The molecule has 0 saturated heterocycles. The van der Waals surface area contributed by atoms with E-state index in [0.717, 1.165) is 0 Å². The summed E-state index contributed by atoms with van der Waals surface area (Å²) in [4.78, 5) is 27.2. The van der Waals surface area contributed by atoms with E-state index < -0.39 is 5.41 Å². The standard InChI is InChI=1S/C12H23N3O2S/c1-6-15(7-2)9(16)8-14(5)11(17)12(3,4)10(13)18/h6-8H2,1-5H3,(H2,13,18). The van der Waals surface area contributed by atoms with Gasteiger partial charge < -0.3 is 15.5 Å². The van der Waals surface area contributed by atoms with E-state index >= 15 is 0 Å². The third-order valence-electron chi connectivity index (χ3n) is 2.99. The lowest BCUT2D eigenvalue weighted by Gasteiger charge is -2.29. The number of hydrogen-bond acceptors (Lipinski definition) is 3. The predicted molar refractivity (Wildman–Crippen MR) is 76.1 cm³/mol. The SMILES string of the molecule is CCN(CC)C(=O)CN(C)C(=O)C(C)(C)C(N)=S. The first-order valence-electron chi connectivity index (χ1n) is 6.01. The molecule has 18 heavy (non-hydrogen) atoms. The quantitative estimate of drug-likeness (QED) is 0.721. The Balaban J connectivity index is 4.69. The highest BCUT2D eigenvalue weighted by Crippen LogP contribution is 2.18. The molecule has 6 heteroatoms. The fourth-order valence-corrected chi connectivity index (χ4v) is 1.62. The first kappa shape index (κ1) is 16.8. The van der Waals surface area contributed by atoms with Crippen molar-refractivity contribution in [2.24, 2.45) is 11.1 Å². The summed E-state index contributed by atoms with van der Waals surface area (Å²) in [6, 6.07) is 0. The minimum absolute atomic E-state index is 0.0482. The van der Waals surface area contributed by atoms with Crippen molar-refractivity contribution in [3.63, 3.8) is 0 Å². The Bertz CT molecular complexity index is 338. The second kappa shape index (κ2) is 6.68. The Hall–Kier alpha value is -1.17. The Morgan fingerprint density at radius 1 is 1.22 bits per heavy atom. The van der Waals surface area contributed by atoms with Crippen molar-refractivity contribution < 1.29 is 9.59 Å². The number of hydrogen-bond donors (Lipinski definition) is 1. The van der Waals surface area contributed by atoms with Crippen LogP contribution < -0.4 is 5.73 Å². The molecule has 0 aliphatic rings. The summed E-state index contributed by atoms with van der Waals surface area (Å²) < 4.78 is 0. The van der Waals surface area contributed by atoms with E-state index in [1.54, 1.807) is 25.8 Å². The van der Waals surface area contributed by atoms with Crippen molar-refractivity contribution in [1.82, 2.24) is 9.80 Å². The van der Waals surface area contributed by atoms with Crippen LogP contribution in [0.1, 0.15) is 27.7 Å². The Morgan fingerprint density at radius 2 is 1.67 bits per heavy atom. The lowest BCUT2D eigenvalue weighted by atomic mass is 9.92. The molecule has 0 aliphatic heterocycles. The van der Waals surface area contributed by atoms with Gasteiger partial charge in [0, 0.05) is 20.1 Å². The van der Waals surface area contributed by atoms with Crippen LogP contribution in [0, 0.1) is 5.41 Å². The lowest BCUT2D eigenvalue weighted by molar-refractivity contribution is -0.142. The molecule has 0 radical (unpaired) electrons. The third-order valence-corrected chi connectivity index (χ3v) is 3.50. The summed E-state index contributed by atoms with van der Waals surface area (Å²) >= 11 is 4.87. The van der Waals surface area contributed by atoms with Crippen molar-refractivity contribution >= 4 is 29.0 Å². The molecule has 2 amide bonds. The molecule has 0 heterocycles. The Morgan fingerprint density at radius 3 is 2.00 bits per heavy atom. The highest BCUT2D eigenvalue weighted by molar-refractivity contribution is 7.80. The first-order chi connectivity index (χ1) is 8.18. The first-order valence-corrected chi connectivity index (χ1v) is 6.42. The molecule has 0 aromatic carbocycles. The summed E-state index contributed by atoms with van der Waals surface area (Å²) in [5, 5.41) is 0. The molecule has 0 atom stereocenters. The van der Waals surface area contributed by atoms with E-state index in [9.17, 15) is 9.59 Å². The van der Waals surface area contributed by atoms with Gasteiger partial charge >= 0.3 is 0 Å². The number of nitrogens with zero attached hydrogens (tertiary/aromatic N) is 2. The zero-order valence-corrected chi connectivity index (χ0v) is 12.6. The van der Waals surface area contributed by atoms with Crippen molar-refractivity contribution in [3.05, 3.63) is 0 Å². The highest BCUT2D eigenvalue weighted by Gasteiger charge is 2.34. The van der Waals surface area contributed by atoms with E-state index in [0.29, 0.717) is 13.1 Å². The molecule has 0 unspecified atom stereocenters. The van der Waals surface area contributed by atoms with Crippen LogP contribution in [0.4, 0.5) is 0 Å². The molecule has 0 aromatic rings. The smallest absolute Gasteiger partial charge is 0.242 e. The minimum atomic E-state index is -0.923. The van der Waals surface area contributed by atoms with Gasteiger partial charge in [0.2, 0.25) is 11.8 Å². The maximum absolute atomic E-state index is 12.1. The molecular formula is C12H23N3O2S. The summed E-state index contributed by atoms with van der Waals surface area (Å²) in [6.45, 7) is 8.45. The third kappa shape index (κ3) is 3.94. The van der Waals surface area contributed by atoms with Gasteiger partial charge in [0.15, 0.2) is 0 Å². The second-order valence-electron chi connectivity index (χ2n) is 4.72. The maximum atomic E-state index is 12.1. The topological polar surface area (TPSA) is 66.6 Å². The number of nitrogens with two attached hydrogens (primary N) is 1.